The maximum atomic E-state index is 12.6. The van der Waals surface area contributed by atoms with Crippen molar-refractivity contribution < 1.29 is 19.1 Å². The third-order valence-corrected chi connectivity index (χ3v) is 7.47. The molecular formula is C30H39N3O4. The van der Waals surface area contributed by atoms with Crippen LogP contribution in [-0.4, -0.2) is 67.4 Å². The first-order valence-corrected chi connectivity index (χ1v) is 13.7. The second-order valence-electron chi connectivity index (χ2n) is 9.95. The van der Waals surface area contributed by atoms with E-state index in [0.29, 0.717) is 24.1 Å². The minimum atomic E-state index is -0.158. The van der Waals surface area contributed by atoms with Crippen molar-refractivity contribution in [2.45, 2.75) is 57.8 Å². The lowest BCUT2D eigenvalue weighted by atomic mass is 10.1. The van der Waals surface area contributed by atoms with Crippen LogP contribution in [0.25, 0.3) is 0 Å². The fourth-order valence-electron chi connectivity index (χ4n) is 5.21. The highest BCUT2D eigenvalue weighted by Gasteiger charge is 2.34. The number of benzene rings is 2. The number of amides is 3. The number of hydrogen-bond donors (Lipinski definition) is 0. The molecule has 1 fully saturated rings. The van der Waals surface area contributed by atoms with Crippen molar-refractivity contribution in [2.75, 3.05) is 44.7 Å². The number of nitrogens with zero attached hydrogens (tertiary/aromatic N) is 3. The van der Waals surface area contributed by atoms with Crippen molar-refractivity contribution in [3.05, 3.63) is 59.7 Å². The van der Waals surface area contributed by atoms with Gasteiger partial charge in [-0.1, -0.05) is 50.7 Å². The Morgan fingerprint density at radius 1 is 0.730 bits per heavy atom. The highest BCUT2D eigenvalue weighted by Crippen LogP contribution is 2.23. The molecule has 0 unspecified atom stereocenters. The zero-order chi connectivity index (χ0) is 26.0. The summed E-state index contributed by atoms with van der Waals surface area (Å²) in [6.07, 6.45) is 9.15. The van der Waals surface area contributed by atoms with Gasteiger partial charge in [0, 0.05) is 44.8 Å². The van der Waals surface area contributed by atoms with Gasteiger partial charge in [-0.3, -0.25) is 19.3 Å². The summed E-state index contributed by atoms with van der Waals surface area (Å²) in [5.41, 5.74) is 2.24. The molecule has 0 radical (unpaired) electrons. The monoisotopic (exact) mass is 505 g/mol. The molecule has 0 saturated carbocycles. The van der Waals surface area contributed by atoms with Crippen LogP contribution < -0.4 is 9.64 Å². The quantitative estimate of drug-likeness (QED) is 0.278. The third-order valence-electron chi connectivity index (χ3n) is 7.47. The number of unbranched alkanes of at least 4 members (excludes halogenated alkanes) is 7. The van der Waals surface area contributed by atoms with Gasteiger partial charge in [0.2, 0.25) is 5.91 Å². The maximum Gasteiger partial charge on any atom is 0.261 e. The van der Waals surface area contributed by atoms with Crippen molar-refractivity contribution >= 4 is 23.4 Å². The van der Waals surface area contributed by atoms with Crippen LogP contribution in [0.1, 0.15) is 78.5 Å². The molecule has 2 aliphatic heterocycles. The van der Waals surface area contributed by atoms with Gasteiger partial charge in [0.05, 0.1) is 18.2 Å². The summed E-state index contributed by atoms with van der Waals surface area (Å²) in [4.78, 5) is 43.1. The summed E-state index contributed by atoms with van der Waals surface area (Å²) in [5.74, 6) is 0.822. The first kappa shape index (κ1) is 26.7. The molecule has 3 amide bonds. The second kappa shape index (κ2) is 13.3. The standard InChI is InChI=1S/C30H39N3O4/c1-37-25-17-15-24(16-18-25)31-20-22-32(23-21-31)28(34)14-8-6-4-2-3-5-7-11-19-33-29(35)26-12-9-10-13-27(26)30(33)36/h9-10,12-13,15-18H,2-8,11,14,19-23H2,1H3. The molecule has 198 valence electrons. The number of piperazine rings is 1. The Balaban J connectivity index is 1.00. The molecule has 2 aromatic rings. The predicted octanol–water partition coefficient (Wildman–Crippen LogP) is 5.15. The maximum absolute atomic E-state index is 12.6. The van der Waals surface area contributed by atoms with Gasteiger partial charge in [-0.25, -0.2) is 0 Å². The molecule has 1 saturated heterocycles. The van der Waals surface area contributed by atoms with Crippen molar-refractivity contribution in [1.82, 2.24) is 9.80 Å². The molecule has 2 aromatic carbocycles. The van der Waals surface area contributed by atoms with Crippen molar-refractivity contribution in [1.29, 1.82) is 0 Å². The molecule has 0 aliphatic carbocycles. The molecule has 0 N–H and O–H groups in total. The minimum absolute atomic E-state index is 0.158. The van der Waals surface area contributed by atoms with E-state index in [2.05, 4.69) is 17.0 Å². The molecule has 2 heterocycles. The molecular weight excluding hydrogens is 466 g/mol. The van der Waals surface area contributed by atoms with Gasteiger partial charge in [0.1, 0.15) is 5.75 Å². The van der Waals surface area contributed by atoms with E-state index in [0.717, 1.165) is 76.9 Å². The van der Waals surface area contributed by atoms with Crippen molar-refractivity contribution in [3.63, 3.8) is 0 Å². The van der Waals surface area contributed by atoms with Gasteiger partial charge in [0.15, 0.2) is 0 Å². The second-order valence-corrected chi connectivity index (χ2v) is 9.95. The van der Waals surface area contributed by atoms with E-state index in [1.807, 2.05) is 17.0 Å². The van der Waals surface area contributed by atoms with Crippen LogP contribution in [-0.2, 0) is 4.79 Å². The summed E-state index contributed by atoms with van der Waals surface area (Å²) < 4.78 is 5.23. The molecule has 0 aromatic heterocycles. The minimum Gasteiger partial charge on any atom is -0.497 e. The summed E-state index contributed by atoms with van der Waals surface area (Å²) >= 11 is 0. The lowest BCUT2D eigenvalue weighted by Gasteiger charge is -2.36. The van der Waals surface area contributed by atoms with Crippen LogP contribution in [0.15, 0.2) is 48.5 Å². The average Bonchev–Trinajstić information content (AvgIpc) is 3.19. The predicted molar refractivity (Wildman–Crippen MR) is 145 cm³/mol. The number of methoxy groups -OCH3 is 1. The number of ether oxygens (including phenoxy) is 1. The van der Waals surface area contributed by atoms with Crippen LogP contribution in [0.5, 0.6) is 5.75 Å². The molecule has 0 atom stereocenters. The molecule has 4 rings (SSSR count). The van der Waals surface area contributed by atoms with E-state index in [1.54, 1.807) is 31.4 Å². The molecule has 7 heteroatoms. The van der Waals surface area contributed by atoms with Gasteiger partial charge in [-0.2, -0.15) is 0 Å². The van der Waals surface area contributed by atoms with Gasteiger partial charge in [-0.05, 0) is 49.2 Å². The summed E-state index contributed by atoms with van der Waals surface area (Å²) in [5, 5.41) is 0. The zero-order valence-electron chi connectivity index (χ0n) is 22.0. The number of anilines is 1. The summed E-state index contributed by atoms with van der Waals surface area (Å²) in [7, 11) is 1.67. The molecule has 37 heavy (non-hydrogen) atoms. The molecule has 2 aliphatic rings. The highest BCUT2D eigenvalue weighted by molar-refractivity contribution is 6.21. The number of fused-ring (bicyclic) bond motifs is 1. The Morgan fingerprint density at radius 3 is 1.84 bits per heavy atom. The molecule has 0 spiro atoms. The molecule has 7 nitrogen and oxygen atoms in total. The fourth-order valence-corrected chi connectivity index (χ4v) is 5.21. The third kappa shape index (κ3) is 6.90. The average molecular weight is 506 g/mol. The lowest BCUT2D eigenvalue weighted by Crippen LogP contribution is -2.48. The summed E-state index contributed by atoms with van der Waals surface area (Å²) in [6.45, 7) is 3.80. The summed E-state index contributed by atoms with van der Waals surface area (Å²) in [6, 6.07) is 15.2. The van der Waals surface area contributed by atoms with E-state index < -0.39 is 0 Å². The fraction of sp³-hybridized carbons (Fsp3) is 0.500. The Kier molecular flexibility index (Phi) is 9.58. The van der Waals surface area contributed by atoms with Crippen LogP contribution in [0, 0.1) is 0 Å². The van der Waals surface area contributed by atoms with Crippen LogP contribution in [0.4, 0.5) is 5.69 Å². The SMILES string of the molecule is COc1ccc(N2CCN(C(=O)CCCCCCCCCCN3C(=O)c4ccccc4C3=O)CC2)cc1. The Labute approximate surface area is 220 Å². The van der Waals surface area contributed by atoms with Gasteiger partial charge in [0.25, 0.3) is 11.8 Å². The number of imide groups is 1. The van der Waals surface area contributed by atoms with Crippen LogP contribution in [0.2, 0.25) is 0 Å². The topological polar surface area (TPSA) is 70.2 Å². The van der Waals surface area contributed by atoms with Crippen LogP contribution >= 0.6 is 0 Å². The van der Waals surface area contributed by atoms with E-state index in [4.69, 9.17) is 4.74 Å². The first-order chi connectivity index (χ1) is 18.1. The van der Waals surface area contributed by atoms with E-state index in [1.165, 1.54) is 17.0 Å². The Hall–Kier alpha value is -3.35. The van der Waals surface area contributed by atoms with Gasteiger partial charge >= 0.3 is 0 Å². The number of carbonyl (C=O) groups excluding carboxylic acids is 3. The van der Waals surface area contributed by atoms with Gasteiger partial charge in [-0.15, -0.1) is 0 Å². The molecule has 0 bridgehead atoms. The first-order valence-electron chi connectivity index (χ1n) is 13.7. The zero-order valence-corrected chi connectivity index (χ0v) is 22.0. The Bertz CT molecular complexity index is 1030. The van der Waals surface area contributed by atoms with E-state index in [-0.39, 0.29) is 17.7 Å². The van der Waals surface area contributed by atoms with E-state index in [9.17, 15) is 14.4 Å². The smallest absolute Gasteiger partial charge is 0.261 e. The Morgan fingerprint density at radius 2 is 1.27 bits per heavy atom. The lowest BCUT2D eigenvalue weighted by molar-refractivity contribution is -0.131. The highest BCUT2D eigenvalue weighted by atomic mass is 16.5. The van der Waals surface area contributed by atoms with E-state index >= 15 is 0 Å². The number of rotatable bonds is 13. The van der Waals surface area contributed by atoms with Crippen LogP contribution in [0.3, 0.4) is 0 Å². The largest absolute Gasteiger partial charge is 0.497 e. The normalized spacial score (nSPS) is 15.3. The van der Waals surface area contributed by atoms with Crippen molar-refractivity contribution in [2.24, 2.45) is 0 Å². The van der Waals surface area contributed by atoms with Gasteiger partial charge < -0.3 is 14.5 Å². The van der Waals surface area contributed by atoms with Crippen molar-refractivity contribution in [3.8, 4) is 5.75 Å². The number of hydrogen-bond acceptors (Lipinski definition) is 5. The number of carbonyl (C=O) groups is 3.